The number of hydrogen-bond donors (Lipinski definition) is 11. The summed E-state index contributed by atoms with van der Waals surface area (Å²) in [5.41, 5.74) is 5.39. The number of hydrogen-bond acceptors (Lipinski definition) is 13. The Bertz CT molecular complexity index is 477. The van der Waals surface area contributed by atoms with Gasteiger partial charge in [0.05, 0.1) is 19.3 Å². The molecule has 0 amide bonds. The van der Waals surface area contributed by atoms with Crippen LogP contribution in [0.1, 0.15) is 6.42 Å². The zero-order chi connectivity index (χ0) is 21.5. The Labute approximate surface area is 153 Å². The van der Waals surface area contributed by atoms with E-state index in [-0.39, 0.29) is 0 Å². The lowest BCUT2D eigenvalue weighted by Crippen LogP contribution is -2.54. The predicted molar refractivity (Wildman–Crippen MR) is 84.8 cm³/mol. The van der Waals surface area contributed by atoms with Crippen molar-refractivity contribution in [2.45, 2.75) is 61.3 Å². The lowest BCUT2D eigenvalue weighted by atomic mass is 9.92. The van der Waals surface area contributed by atoms with E-state index < -0.39 is 86.1 Å². The molecule has 160 valence electrons. The first-order chi connectivity index (χ1) is 12.4. The molecule has 0 aromatic carbocycles. The lowest BCUT2D eigenvalue weighted by Gasteiger charge is -2.27. The molecular weight excluding hydrogens is 374 g/mol. The summed E-state index contributed by atoms with van der Waals surface area (Å²) in [4.78, 5) is 23.7. The Balaban J connectivity index is 4.88. The minimum Gasteiger partial charge on any atom is -0.394 e. The Morgan fingerprint density at radius 3 is 1.41 bits per heavy atom. The van der Waals surface area contributed by atoms with Gasteiger partial charge in [-0.1, -0.05) is 0 Å². The molecule has 0 saturated carbocycles. The van der Waals surface area contributed by atoms with Crippen LogP contribution in [0, 0.1) is 0 Å². The van der Waals surface area contributed by atoms with Gasteiger partial charge in [-0.2, -0.15) is 0 Å². The number of carbonyl (C=O) groups excluding carboxylic acids is 2. The van der Waals surface area contributed by atoms with Gasteiger partial charge in [0.2, 0.25) is 0 Å². The zero-order valence-corrected chi connectivity index (χ0v) is 14.2. The molecule has 13 heteroatoms. The molecule has 0 bridgehead atoms. The largest absolute Gasteiger partial charge is 0.394 e. The van der Waals surface area contributed by atoms with Gasteiger partial charge < -0.3 is 56.8 Å². The number of aliphatic hydroxyl groups excluding tert-OH is 10. The Morgan fingerprint density at radius 1 is 0.667 bits per heavy atom. The highest BCUT2D eigenvalue weighted by molar-refractivity contribution is 5.94. The summed E-state index contributed by atoms with van der Waals surface area (Å²) < 4.78 is 0. The van der Waals surface area contributed by atoms with Crippen LogP contribution in [0.3, 0.4) is 0 Å². The van der Waals surface area contributed by atoms with Gasteiger partial charge in [-0.3, -0.25) is 9.59 Å². The van der Waals surface area contributed by atoms with Crippen molar-refractivity contribution in [2.24, 2.45) is 5.73 Å². The molecule has 0 fully saturated rings. The molecule has 0 heterocycles. The monoisotopic (exact) mass is 401 g/mol. The number of ketones is 2. The van der Waals surface area contributed by atoms with E-state index in [0.29, 0.717) is 0 Å². The van der Waals surface area contributed by atoms with E-state index in [2.05, 4.69) is 0 Å². The standard InChI is InChI=1S/C14H27NO12/c15-4(8(21)12(25)14(27)11(24)7(20)3-17)1-5(18)9(22)13(26)10(23)6(19)2-16/h4,6-7,9-14,16-17,19-20,22-27H,1-3,15H2/t4?,6-,7-,9-,10-,11-,12-,13-,14+/m1/s1. The highest BCUT2D eigenvalue weighted by Crippen LogP contribution is 2.12. The summed E-state index contributed by atoms with van der Waals surface area (Å²) in [6, 6.07) is -1.80. The second-order valence-corrected chi connectivity index (χ2v) is 6.03. The first-order valence-corrected chi connectivity index (χ1v) is 7.88. The Morgan fingerprint density at radius 2 is 1.04 bits per heavy atom. The fourth-order valence-corrected chi connectivity index (χ4v) is 2.06. The number of rotatable bonds is 13. The summed E-state index contributed by atoms with van der Waals surface area (Å²) in [6.07, 6.45) is -17.9. The van der Waals surface area contributed by atoms with Gasteiger partial charge in [-0.15, -0.1) is 0 Å². The van der Waals surface area contributed by atoms with Crippen molar-refractivity contribution >= 4 is 11.6 Å². The van der Waals surface area contributed by atoms with E-state index in [1.54, 1.807) is 0 Å². The molecule has 0 aromatic rings. The summed E-state index contributed by atoms with van der Waals surface area (Å²) >= 11 is 0. The highest BCUT2D eigenvalue weighted by atomic mass is 16.4. The van der Waals surface area contributed by atoms with Gasteiger partial charge in [0.15, 0.2) is 11.6 Å². The maximum atomic E-state index is 11.9. The third-order valence-corrected chi connectivity index (χ3v) is 3.92. The second kappa shape index (κ2) is 11.7. The van der Waals surface area contributed by atoms with Gasteiger partial charge in [0, 0.05) is 6.42 Å². The lowest BCUT2D eigenvalue weighted by molar-refractivity contribution is -0.152. The molecule has 9 atom stereocenters. The molecule has 0 aromatic heterocycles. The summed E-state index contributed by atoms with van der Waals surface area (Å²) in [6.45, 7) is -1.95. The van der Waals surface area contributed by atoms with Crippen molar-refractivity contribution < 1.29 is 60.7 Å². The number of carbonyl (C=O) groups is 2. The third kappa shape index (κ3) is 7.10. The average molecular weight is 401 g/mol. The maximum Gasteiger partial charge on any atom is 0.181 e. The van der Waals surface area contributed by atoms with Crippen LogP contribution in [0.15, 0.2) is 0 Å². The SMILES string of the molecule is NC(CC(=O)[C@@H](O)[C@@H](O)[C@H](O)[C@H](O)CO)C(=O)[C@@H](O)[C@@H](O)[C@H](O)[C@H](O)CO. The fraction of sp³-hybridized carbons (Fsp3) is 0.857. The van der Waals surface area contributed by atoms with E-state index in [4.69, 9.17) is 21.1 Å². The number of aliphatic hydroxyl groups is 10. The van der Waals surface area contributed by atoms with Crippen molar-refractivity contribution in [1.82, 2.24) is 0 Å². The normalized spacial score (nSPS) is 22.0. The number of Topliss-reactive ketones (excluding diaryl/α,β-unsaturated/α-hetero) is 2. The topological polar surface area (TPSA) is 262 Å². The van der Waals surface area contributed by atoms with Crippen molar-refractivity contribution in [2.75, 3.05) is 13.2 Å². The quantitative estimate of drug-likeness (QED) is 0.137. The van der Waals surface area contributed by atoms with Crippen LogP contribution in [-0.2, 0) is 9.59 Å². The molecule has 0 rings (SSSR count). The van der Waals surface area contributed by atoms with Crippen molar-refractivity contribution in [3.8, 4) is 0 Å². The predicted octanol–water partition coefficient (Wildman–Crippen LogP) is -7.29. The van der Waals surface area contributed by atoms with Gasteiger partial charge in [-0.05, 0) is 0 Å². The van der Waals surface area contributed by atoms with Gasteiger partial charge >= 0.3 is 0 Å². The van der Waals surface area contributed by atoms with Gasteiger partial charge in [0.1, 0.15) is 48.8 Å². The summed E-state index contributed by atoms with van der Waals surface area (Å²) in [5, 5.41) is 93.0. The molecule has 0 aliphatic carbocycles. The first-order valence-electron chi connectivity index (χ1n) is 7.88. The molecule has 12 N–H and O–H groups in total. The van der Waals surface area contributed by atoms with Crippen molar-refractivity contribution in [3.05, 3.63) is 0 Å². The fourth-order valence-electron chi connectivity index (χ4n) is 2.06. The number of nitrogens with two attached hydrogens (primary N) is 1. The second-order valence-electron chi connectivity index (χ2n) is 6.03. The van der Waals surface area contributed by atoms with Crippen molar-refractivity contribution in [3.63, 3.8) is 0 Å². The molecule has 0 aliphatic heterocycles. The zero-order valence-electron chi connectivity index (χ0n) is 14.2. The first kappa shape index (κ1) is 25.9. The highest BCUT2D eigenvalue weighted by Gasteiger charge is 2.39. The van der Waals surface area contributed by atoms with Gasteiger partial charge in [-0.25, -0.2) is 0 Å². The Kier molecular flexibility index (Phi) is 11.2. The van der Waals surface area contributed by atoms with E-state index in [1.807, 2.05) is 0 Å². The summed E-state index contributed by atoms with van der Waals surface area (Å²) in [5.74, 6) is -2.61. The van der Waals surface area contributed by atoms with Crippen LogP contribution < -0.4 is 5.73 Å². The molecule has 27 heavy (non-hydrogen) atoms. The minimum absolute atomic E-state index is 0.957. The van der Waals surface area contributed by atoms with Gasteiger partial charge in [0.25, 0.3) is 0 Å². The molecule has 13 nitrogen and oxygen atoms in total. The van der Waals surface area contributed by atoms with Crippen LogP contribution in [0.5, 0.6) is 0 Å². The molecular formula is C14H27NO12. The smallest absolute Gasteiger partial charge is 0.181 e. The maximum absolute atomic E-state index is 11.9. The van der Waals surface area contributed by atoms with E-state index >= 15 is 0 Å². The average Bonchev–Trinajstić information content (AvgIpc) is 2.67. The van der Waals surface area contributed by atoms with Crippen LogP contribution >= 0.6 is 0 Å². The Hall–Kier alpha value is -1.10. The van der Waals surface area contributed by atoms with E-state index in [9.17, 15) is 45.3 Å². The van der Waals surface area contributed by atoms with Crippen LogP contribution in [0.25, 0.3) is 0 Å². The molecule has 0 spiro atoms. The molecule has 0 saturated heterocycles. The van der Waals surface area contributed by atoms with Crippen LogP contribution in [0.2, 0.25) is 0 Å². The molecule has 0 radical (unpaired) electrons. The van der Waals surface area contributed by atoms with Crippen molar-refractivity contribution in [1.29, 1.82) is 0 Å². The van der Waals surface area contributed by atoms with Crippen LogP contribution in [0.4, 0.5) is 0 Å². The summed E-state index contributed by atoms with van der Waals surface area (Å²) in [7, 11) is 0. The van der Waals surface area contributed by atoms with E-state index in [0.717, 1.165) is 0 Å². The third-order valence-electron chi connectivity index (χ3n) is 3.92. The van der Waals surface area contributed by atoms with E-state index in [1.165, 1.54) is 0 Å². The van der Waals surface area contributed by atoms with Crippen LogP contribution in [-0.4, -0.2) is 131 Å². The minimum atomic E-state index is -2.34. The molecule has 1 unspecified atom stereocenters. The molecule has 0 aliphatic rings.